The maximum absolute atomic E-state index is 12.0. The predicted molar refractivity (Wildman–Crippen MR) is 89.8 cm³/mol. The Balaban J connectivity index is 1.75. The summed E-state index contributed by atoms with van der Waals surface area (Å²) in [7, 11) is 0. The summed E-state index contributed by atoms with van der Waals surface area (Å²) < 4.78 is 5.50. The predicted octanol–water partition coefficient (Wildman–Crippen LogP) is 2.63. The molecule has 0 saturated heterocycles. The monoisotopic (exact) mass is 325 g/mol. The summed E-state index contributed by atoms with van der Waals surface area (Å²) in [5, 5.41) is 11.2. The van der Waals surface area contributed by atoms with Crippen LogP contribution in [-0.2, 0) is 22.6 Å². The van der Waals surface area contributed by atoms with E-state index in [1.807, 2.05) is 18.2 Å². The quantitative estimate of drug-likeness (QED) is 0.886. The van der Waals surface area contributed by atoms with E-state index in [0.29, 0.717) is 12.2 Å². The first-order chi connectivity index (χ1) is 11.6. The number of carboxylic acids is 1. The normalized spacial score (nSPS) is 13.2. The summed E-state index contributed by atoms with van der Waals surface area (Å²) in [5.41, 5.74) is 5.29. The number of amides is 1. The summed E-state index contributed by atoms with van der Waals surface area (Å²) in [6.07, 6.45) is 0.810. The van der Waals surface area contributed by atoms with Gasteiger partial charge in [0.05, 0.1) is 19.6 Å². The van der Waals surface area contributed by atoms with E-state index in [0.717, 1.165) is 18.6 Å². The molecule has 0 aliphatic carbocycles. The fraction of sp³-hybridized carbons (Fsp3) is 0.263. The van der Waals surface area contributed by atoms with Gasteiger partial charge in [0.2, 0.25) is 0 Å². The van der Waals surface area contributed by atoms with Crippen LogP contribution in [0.5, 0.6) is 0 Å². The molecule has 0 atom stereocenters. The number of benzene rings is 2. The number of rotatable bonds is 5. The highest BCUT2D eigenvalue weighted by Gasteiger charge is 2.14. The lowest BCUT2D eigenvalue weighted by molar-refractivity contribution is -0.136. The van der Waals surface area contributed by atoms with Gasteiger partial charge in [-0.05, 0) is 40.8 Å². The third-order valence-corrected chi connectivity index (χ3v) is 4.11. The van der Waals surface area contributed by atoms with Crippen molar-refractivity contribution in [1.29, 1.82) is 0 Å². The Kier molecular flexibility index (Phi) is 4.91. The van der Waals surface area contributed by atoms with Gasteiger partial charge in [0.25, 0.3) is 5.91 Å². The molecule has 1 aliphatic heterocycles. The highest BCUT2D eigenvalue weighted by molar-refractivity contribution is 5.94. The maximum Gasteiger partial charge on any atom is 0.305 e. The third kappa shape index (κ3) is 3.63. The highest BCUT2D eigenvalue weighted by atomic mass is 16.5. The van der Waals surface area contributed by atoms with Crippen molar-refractivity contribution in [3.63, 3.8) is 0 Å². The molecule has 2 aromatic rings. The van der Waals surface area contributed by atoms with Crippen molar-refractivity contribution in [1.82, 2.24) is 5.32 Å². The standard InChI is InChI=1S/C19H19NO4/c21-18(22)8-10-20-19(23)14-6-4-13(5-7-14)16-3-1-2-15-12-24-11-9-17(15)16/h1-7H,8-12H2,(H,20,23)(H,21,22). The van der Waals surface area contributed by atoms with Gasteiger partial charge in [-0.25, -0.2) is 0 Å². The van der Waals surface area contributed by atoms with E-state index < -0.39 is 5.97 Å². The summed E-state index contributed by atoms with van der Waals surface area (Å²) >= 11 is 0. The minimum Gasteiger partial charge on any atom is -0.481 e. The second kappa shape index (κ2) is 7.27. The molecule has 124 valence electrons. The Labute approximate surface area is 140 Å². The van der Waals surface area contributed by atoms with Crippen LogP contribution in [0.3, 0.4) is 0 Å². The molecule has 0 fully saturated rings. The van der Waals surface area contributed by atoms with Gasteiger partial charge in [-0.15, -0.1) is 0 Å². The molecule has 1 amide bonds. The zero-order valence-corrected chi connectivity index (χ0v) is 13.2. The van der Waals surface area contributed by atoms with Crippen molar-refractivity contribution in [2.45, 2.75) is 19.4 Å². The van der Waals surface area contributed by atoms with E-state index in [4.69, 9.17) is 9.84 Å². The van der Waals surface area contributed by atoms with Crippen LogP contribution in [0.4, 0.5) is 0 Å². The van der Waals surface area contributed by atoms with E-state index >= 15 is 0 Å². The molecule has 0 bridgehead atoms. The zero-order chi connectivity index (χ0) is 16.9. The van der Waals surface area contributed by atoms with Crippen LogP contribution in [0.1, 0.15) is 27.9 Å². The third-order valence-electron chi connectivity index (χ3n) is 4.11. The number of carboxylic acid groups (broad SMARTS) is 1. The molecular weight excluding hydrogens is 306 g/mol. The van der Waals surface area contributed by atoms with Gasteiger partial charge >= 0.3 is 5.97 Å². The van der Waals surface area contributed by atoms with Crippen LogP contribution in [0.2, 0.25) is 0 Å². The zero-order valence-electron chi connectivity index (χ0n) is 13.2. The minimum atomic E-state index is -0.927. The summed E-state index contributed by atoms with van der Waals surface area (Å²) in [5.74, 6) is -1.19. The second-order valence-corrected chi connectivity index (χ2v) is 5.72. The summed E-state index contributed by atoms with van der Waals surface area (Å²) in [6, 6.07) is 13.6. The maximum atomic E-state index is 12.0. The van der Waals surface area contributed by atoms with E-state index in [-0.39, 0.29) is 18.9 Å². The highest BCUT2D eigenvalue weighted by Crippen LogP contribution is 2.29. The molecule has 5 nitrogen and oxygen atoms in total. The molecule has 0 unspecified atom stereocenters. The molecule has 5 heteroatoms. The van der Waals surface area contributed by atoms with Gasteiger partial charge in [0.15, 0.2) is 0 Å². The van der Waals surface area contributed by atoms with Crippen molar-refractivity contribution in [3.8, 4) is 11.1 Å². The topological polar surface area (TPSA) is 75.6 Å². The number of hydrogen-bond acceptors (Lipinski definition) is 3. The molecular formula is C19H19NO4. The lowest BCUT2D eigenvalue weighted by Gasteiger charge is -2.20. The van der Waals surface area contributed by atoms with Gasteiger partial charge in [0.1, 0.15) is 0 Å². The van der Waals surface area contributed by atoms with Crippen LogP contribution in [-0.4, -0.2) is 30.1 Å². The Hall–Kier alpha value is -2.66. The van der Waals surface area contributed by atoms with Crippen LogP contribution in [0.15, 0.2) is 42.5 Å². The molecule has 0 aromatic heterocycles. The fourth-order valence-electron chi connectivity index (χ4n) is 2.88. The Morgan fingerprint density at radius 3 is 2.67 bits per heavy atom. The lowest BCUT2D eigenvalue weighted by atomic mass is 9.92. The van der Waals surface area contributed by atoms with E-state index in [2.05, 4.69) is 17.4 Å². The molecule has 1 heterocycles. The Morgan fingerprint density at radius 2 is 1.92 bits per heavy atom. The van der Waals surface area contributed by atoms with Crippen molar-refractivity contribution in [3.05, 3.63) is 59.2 Å². The molecule has 2 N–H and O–H groups in total. The number of ether oxygens (including phenoxy) is 1. The average molecular weight is 325 g/mol. The van der Waals surface area contributed by atoms with Gasteiger partial charge < -0.3 is 15.2 Å². The van der Waals surface area contributed by atoms with Crippen LogP contribution in [0.25, 0.3) is 11.1 Å². The van der Waals surface area contributed by atoms with Crippen LogP contribution >= 0.6 is 0 Å². The number of carbonyl (C=O) groups excluding carboxylic acids is 1. The lowest BCUT2D eigenvalue weighted by Crippen LogP contribution is -2.25. The number of carbonyl (C=O) groups is 2. The van der Waals surface area contributed by atoms with E-state index in [1.165, 1.54) is 16.7 Å². The van der Waals surface area contributed by atoms with Gasteiger partial charge in [-0.3, -0.25) is 9.59 Å². The van der Waals surface area contributed by atoms with Gasteiger partial charge in [-0.1, -0.05) is 30.3 Å². The molecule has 1 aliphatic rings. The number of fused-ring (bicyclic) bond motifs is 1. The molecule has 24 heavy (non-hydrogen) atoms. The summed E-state index contributed by atoms with van der Waals surface area (Å²) in [6.45, 7) is 1.50. The number of aliphatic carboxylic acids is 1. The first kappa shape index (κ1) is 16.2. The van der Waals surface area contributed by atoms with E-state index in [9.17, 15) is 9.59 Å². The fourth-order valence-corrected chi connectivity index (χ4v) is 2.88. The van der Waals surface area contributed by atoms with Crippen molar-refractivity contribution in [2.24, 2.45) is 0 Å². The van der Waals surface area contributed by atoms with E-state index in [1.54, 1.807) is 12.1 Å². The number of hydrogen-bond donors (Lipinski definition) is 2. The molecule has 3 rings (SSSR count). The minimum absolute atomic E-state index is 0.0813. The van der Waals surface area contributed by atoms with Gasteiger partial charge in [0, 0.05) is 12.1 Å². The molecule has 2 aromatic carbocycles. The number of nitrogens with one attached hydrogen (secondary N) is 1. The Morgan fingerprint density at radius 1 is 1.12 bits per heavy atom. The summed E-state index contributed by atoms with van der Waals surface area (Å²) in [4.78, 5) is 22.5. The van der Waals surface area contributed by atoms with Crippen molar-refractivity contribution in [2.75, 3.05) is 13.2 Å². The largest absolute Gasteiger partial charge is 0.481 e. The molecule has 0 radical (unpaired) electrons. The average Bonchev–Trinajstić information content (AvgIpc) is 2.61. The second-order valence-electron chi connectivity index (χ2n) is 5.72. The Bertz CT molecular complexity index is 752. The van der Waals surface area contributed by atoms with Crippen LogP contribution < -0.4 is 5.32 Å². The first-order valence-corrected chi connectivity index (χ1v) is 7.94. The molecule has 0 spiro atoms. The SMILES string of the molecule is O=C(O)CCNC(=O)c1ccc(-c2cccc3c2CCOC3)cc1. The van der Waals surface area contributed by atoms with Crippen LogP contribution in [0, 0.1) is 0 Å². The molecule has 0 saturated carbocycles. The van der Waals surface area contributed by atoms with Gasteiger partial charge in [-0.2, -0.15) is 0 Å². The van der Waals surface area contributed by atoms with Crippen molar-refractivity contribution >= 4 is 11.9 Å². The van der Waals surface area contributed by atoms with Crippen molar-refractivity contribution < 1.29 is 19.4 Å². The first-order valence-electron chi connectivity index (χ1n) is 7.94. The smallest absolute Gasteiger partial charge is 0.305 e.